The van der Waals surface area contributed by atoms with Crippen molar-refractivity contribution >= 4 is 28.1 Å². The largest absolute Gasteiger partial charge is 0.492 e. The molecule has 0 bridgehead atoms. The van der Waals surface area contributed by atoms with E-state index in [1.54, 1.807) is 12.1 Å². The van der Waals surface area contributed by atoms with E-state index < -0.39 is 0 Å². The summed E-state index contributed by atoms with van der Waals surface area (Å²) in [6.07, 6.45) is 2.36. The van der Waals surface area contributed by atoms with Crippen molar-refractivity contribution in [2.24, 2.45) is 5.10 Å². The Bertz CT molecular complexity index is 717. The van der Waals surface area contributed by atoms with Crippen molar-refractivity contribution in [3.05, 3.63) is 63.9 Å². The molecule has 0 fully saturated rings. The van der Waals surface area contributed by atoms with Gasteiger partial charge in [-0.3, -0.25) is 4.79 Å². The van der Waals surface area contributed by atoms with Crippen LogP contribution < -0.4 is 10.2 Å². The standard InChI is InChI=1S/C18H18BrFN2O2/c1-13-4-9-17(16(19)11-13)24-10-2-3-18(23)22-21-12-14-5-7-15(20)8-6-14/h4-9,11-12H,2-3,10H2,1H3,(H,22,23)/b21-12+. The Morgan fingerprint density at radius 2 is 2.04 bits per heavy atom. The number of benzene rings is 2. The Kier molecular flexibility index (Phi) is 6.93. The molecule has 0 aromatic heterocycles. The van der Waals surface area contributed by atoms with Gasteiger partial charge in [0.25, 0.3) is 0 Å². The molecule has 1 amide bonds. The fourth-order valence-corrected chi connectivity index (χ4v) is 2.53. The van der Waals surface area contributed by atoms with E-state index in [2.05, 4.69) is 26.5 Å². The van der Waals surface area contributed by atoms with Crippen LogP contribution in [0.1, 0.15) is 24.0 Å². The molecule has 2 aromatic carbocycles. The molecule has 6 heteroatoms. The van der Waals surface area contributed by atoms with E-state index in [9.17, 15) is 9.18 Å². The summed E-state index contributed by atoms with van der Waals surface area (Å²) in [5.41, 5.74) is 4.29. The zero-order valence-corrected chi connectivity index (χ0v) is 14.8. The maximum Gasteiger partial charge on any atom is 0.240 e. The second-order valence-electron chi connectivity index (χ2n) is 5.23. The molecule has 24 heavy (non-hydrogen) atoms. The molecule has 0 atom stereocenters. The number of nitrogens with one attached hydrogen (secondary N) is 1. The van der Waals surface area contributed by atoms with Crippen molar-refractivity contribution in [3.8, 4) is 5.75 Å². The van der Waals surface area contributed by atoms with E-state index in [4.69, 9.17) is 4.74 Å². The fraction of sp³-hybridized carbons (Fsp3) is 0.222. The normalized spacial score (nSPS) is 10.8. The van der Waals surface area contributed by atoms with Gasteiger partial charge in [-0.15, -0.1) is 0 Å². The second kappa shape index (κ2) is 9.17. The quantitative estimate of drug-likeness (QED) is 0.435. The van der Waals surface area contributed by atoms with Gasteiger partial charge in [0.1, 0.15) is 11.6 Å². The van der Waals surface area contributed by atoms with Crippen molar-refractivity contribution in [2.45, 2.75) is 19.8 Å². The highest BCUT2D eigenvalue weighted by molar-refractivity contribution is 9.10. The molecule has 0 radical (unpaired) electrons. The van der Waals surface area contributed by atoms with E-state index in [0.29, 0.717) is 25.0 Å². The van der Waals surface area contributed by atoms with Crippen LogP contribution in [0, 0.1) is 12.7 Å². The zero-order valence-electron chi connectivity index (χ0n) is 13.3. The first-order chi connectivity index (χ1) is 11.5. The Balaban J connectivity index is 1.67. The predicted octanol–water partition coefficient (Wildman–Crippen LogP) is 4.21. The van der Waals surface area contributed by atoms with Crippen molar-refractivity contribution in [2.75, 3.05) is 6.61 Å². The molecule has 126 valence electrons. The van der Waals surface area contributed by atoms with Gasteiger partial charge < -0.3 is 4.74 Å². The van der Waals surface area contributed by atoms with Crippen molar-refractivity contribution in [1.82, 2.24) is 5.43 Å². The van der Waals surface area contributed by atoms with Crippen LogP contribution in [0.15, 0.2) is 52.0 Å². The molecular weight excluding hydrogens is 375 g/mol. The lowest BCUT2D eigenvalue weighted by Crippen LogP contribution is -2.18. The van der Waals surface area contributed by atoms with Gasteiger partial charge in [0.15, 0.2) is 0 Å². The molecule has 0 saturated heterocycles. The third kappa shape index (κ3) is 6.12. The van der Waals surface area contributed by atoms with Gasteiger partial charge >= 0.3 is 0 Å². The van der Waals surface area contributed by atoms with Crippen LogP contribution >= 0.6 is 15.9 Å². The predicted molar refractivity (Wildman–Crippen MR) is 95.7 cm³/mol. The minimum Gasteiger partial charge on any atom is -0.492 e. The van der Waals surface area contributed by atoms with Crippen molar-refractivity contribution in [3.63, 3.8) is 0 Å². The molecular formula is C18H18BrFN2O2. The molecule has 2 aromatic rings. The summed E-state index contributed by atoms with van der Waals surface area (Å²) >= 11 is 3.44. The third-order valence-electron chi connectivity index (χ3n) is 3.17. The highest BCUT2D eigenvalue weighted by atomic mass is 79.9. The van der Waals surface area contributed by atoms with Gasteiger partial charge in [-0.1, -0.05) is 18.2 Å². The summed E-state index contributed by atoms with van der Waals surface area (Å²) < 4.78 is 19.3. The van der Waals surface area contributed by atoms with Crippen LogP contribution in [0.4, 0.5) is 4.39 Å². The number of amides is 1. The van der Waals surface area contributed by atoms with E-state index >= 15 is 0 Å². The highest BCUT2D eigenvalue weighted by Crippen LogP contribution is 2.25. The Labute approximate surface area is 148 Å². The van der Waals surface area contributed by atoms with Crippen LogP contribution in [0.2, 0.25) is 0 Å². The summed E-state index contributed by atoms with van der Waals surface area (Å²) in [6, 6.07) is 11.7. The maximum atomic E-state index is 12.7. The van der Waals surface area contributed by atoms with Crippen LogP contribution in [-0.4, -0.2) is 18.7 Å². The monoisotopic (exact) mass is 392 g/mol. The van der Waals surface area contributed by atoms with Crippen LogP contribution in [0.25, 0.3) is 0 Å². The molecule has 1 N–H and O–H groups in total. The average Bonchev–Trinajstić information content (AvgIpc) is 2.55. The number of hydrazone groups is 1. The molecule has 2 rings (SSSR count). The Morgan fingerprint density at radius 3 is 2.75 bits per heavy atom. The lowest BCUT2D eigenvalue weighted by Gasteiger charge is -2.08. The van der Waals surface area contributed by atoms with Crippen LogP contribution in [-0.2, 0) is 4.79 Å². The topological polar surface area (TPSA) is 50.7 Å². The first-order valence-electron chi connectivity index (χ1n) is 7.51. The molecule has 0 aliphatic rings. The van der Waals surface area contributed by atoms with Gasteiger partial charge in [0.05, 0.1) is 17.3 Å². The van der Waals surface area contributed by atoms with E-state index in [1.807, 2.05) is 25.1 Å². The maximum absolute atomic E-state index is 12.7. The van der Waals surface area contributed by atoms with Crippen LogP contribution in [0.3, 0.4) is 0 Å². The molecule has 0 spiro atoms. The van der Waals surface area contributed by atoms with Crippen molar-refractivity contribution in [1.29, 1.82) is 0 Å². The van der Waals surface area contributed by atoms with Gasteiger partial charge in [-0.2, -0.15) is 5.10 Å². The van der Waals surface area contributed by atoms with E-state index in [0.717, 1.165) is 15.8 Å². The number of carbonyl (C=O) groups is 1. The molecule has 0 aliphatic carbocycles. The SMILES string of the molecule is Cc1ccc(OCCCC(=O)N/N=C/c2ccc(F)cc2)c(Br)c1. The molecule has 4 nitrogen and oxygen atoms in total. The van der Waals surface area contributed by atoms with Gasteiger partial charge in [0.2, 0.25) is 5.91 Å². The average molecular weight is 393 g/mol. The number of aryl methyl sites for hydroxylation is 1. The Morgan fingerprint density at radius 1 is 1.29 bits per heavy atom. The number of hydrogen-bond acceptors (Lipinski definition) is 3. The first-order valence-corrected chi connectivity index (χ1v) is 8.30. The number of carbonyl (C=O) groups excluding carboxylic acids is 1. The summed E-state index contributed by atoms with van der Waals surface area (Å²) in [4.78, 5) is 11.7. The number of hydrogen-bond donors (Lipinski definition) is 1. The number of nitrogens with zero attached hydrogens (tertiary/aromatic N) is 1. The molecule has 0 unspecified atom stereocenters. The minimum absolute atomic E-state index is 0.195. The smallest absolute Gasteiger partial charge is 0.240 e. The second-order valence-corrected chi connectivity index (χ2v) is 6.08. The van der Waals surface area contributed by atoms with Crippen LogP contribution in [0.5, 0.6) is 5.75 Å². The number of halogens is 2. The first kappa shape index (κ1) is 18.1. The zero-order chi connectivity index (χ0) is 17.4. The number of rotatable bonds is 7. The molecule has 0 saturated carbocycles. The third-order valence-corrected chi connectivity index (χ3v) is 3.79. The fourth-order valence-electron chi connectivity index (χ4n) is 1.92. The van der Waals surface area contributed by atoms with E-state index in [-0.39, 0.29) is 11.7 Å². The van der Waals surface area contributed by atoms with Gasteiger partial charge in [-0.05, 0) is 64.7 Å². The lowest BCUT2D eigenvalue weighted by molar-refractivity contribution is -0.121. The minimum atomic E-state index is -0.309. The molecule has 0 aliphatic heterocycles. The summed E-state index contributed by atoms with van der Waals surface area (Å²) in [7, 11) is 0. The summed E-state index contributed by atoms with van der Waals surface area (Å²) in [5, 5.41) is 3.84. The summed E-state index contributed by atoms with van der Waals surface area (Å²) in [6.45, 7) is 2.45. The summed E-state index contributed by atoms with van der Waals surface area (Å²) in [5.74, 6) is 0.256. The van der Waals surface area contributed by atoms with Gasteiger partial charge in [0, 0.05) is 6.42 Å². The highest BCUT2D eigenvalue weighted by Gasteiger charge is 2.03. The van der Waals surface area contributed by atoms with E-state index in [1.165, 1.54) is 18.3 Å². The number of ether oxygens (including phenoxy) is 1. The molecule has 0 heterocycles. The Hall–Kier alpha value is -2.21. The van der Waals surface area contributed by atoms with Gasteiger partial charge in [-0.25, -0.2) is 9.82 Å². The van der Waals surface area contributed by atoms with Crippen molar-refractivity contribution < 1.29 is 13.9 Å². The lowest BCUT2D eigenvalue weighted by atomic mass is 10.2.